The van der Waals surface area contributed by atoms with Gasteiger partial charge in [0.2, 0.25) is 5.91 Å². The SMILES string of the molecule is CNC(=O)[C@@H](c1ccccc1)N1CCN(C(=O)c2cnn3c(C(F)(F)F)c(C)c(-c4ccc(OC)cc4)nc23)[C@H](C)C1. The molecule has 0 spiro atoms. The van der Waals surface area contributed by atoms with Crippen molar-refractivity contribution in [2.24, 2.45) is 0 Å². The molecule has 2 amide bonds. The lowest BCUT2D eigenvalue weighted by molar-refractivity contribution is -0.143. The van der Waals surface area contributed by atoms with Gasteiger partial charge in [-0.15, -0.1) is 0 Å². The summed E-state index contributed by atoms with van der Waals surface area (Å²) in [5.41, 5.74) is 0.0752. The Morgan fingerprint density at radius 2 is 1.76 bits per heavy atom. The first-order valence-corrected chi connectivity index (χ1v) is 13.5. The third-order valence-corrected chi connectivity index (χ3v) is 7.64. The summed E-state index contributed by atoms with van der Waals surface area (Å²) in [4.78, 5) is 34.8. The van der Waals surface area contributed by atoms with Crippen LogP contribution in [0.1, 0.15) is 40.1 Å². The second-order valence-electron chi connectivity index (χ2n) is 10.2. The lowest BCUT2D eigenvalue weighted by Crippen LogP contribution is -2.56. The lowest BCUT2D eigenvalue weighted by atomic mass is 10.0. The first-order chi connectivity index (χ1) is 20.0. The summed E-state index contributed by atoms with van der Waals surface area (Å²) in [7, 11) is 3.08. The molecule has 4 aromatic rings. The second-order valence-corrected chi connectivity index (χ2v) is 10.2. The minimum absolute atomic E-state index is 0.0264. The van der Waals surface area contributed by atoms with Gasteiger partial charge in [-0.05, 0) is 43.7 Å². The predicted octanol–water partition coefficient (Wildman–Crippen LogP) is 4.37. The van der Waals surface area contributed by atoms with E-state index < -0.39 is 23.8 Å². The number of ether oxygens (including phenoxy) is 1. The topological polar surface area (TPSA) is 92.1 Å². The van der Waals surface area contributed by atoms with Crippen LogP contribution in [0.15, 0.2) is 60.8 Å². The van der Waals surface area contributed by atoms with Crippen LogP contribution in [0.25, 0.3) is 16.9 Å². The van der Waals surface area contributed by atoms with Crippen LogP contribution in [0.4, 0.5) is 13.2 Å². The highest BCUT2D eigenvalue weighted by Gasteiger charge is 2.40. The summed E-state index contributed by atoms with van der Waals surface area (Å²) in [5, 5.41) is 6.69. The van der Waals surface area contributed by atoms with E-state index in [4.69, 9.17) is 4.74 Å². The molecular weight excluding hydrogens is 549 g/mol. The minimum atomic E-state index is -4.75. The molecule has 2 aromatic carbocycles. The van der Waals surface area contributed by atoms with Gasteiger partial charge in [0, 0.05) is 43.9 Å². The molecule has 2 atom stereocenters. The molecule has 1 aliphatic heterocycles. The van der Waals surface area contributed by atoms with E-state index in [1.54, 1.807) is 36.2 Å². The van der Waals surface area contributed by atoms with E-state index in [1.807, 2.05) is 42.2 Å². The number of alkyl halides is 3. The van der Waals surface area contributed by atoms with Gasteiger partial charge in [0.15, 0.2) is 11.3 Å². The van der Waals surface area contributed by atoms with Crippen molar-refractivity contribution < 1.29 is 27.5 Å². The number of piperazine rings is 1. The number of aromatic nitrogens is 3. The largest absolute Gasteiger partial charge is 0.497 e. The lowest BCUT2D eigenvalue weighted by Gasteiger charge is -2.42. The number of amides is 2. The van der Waals surface area contributed by atoms with E-state index in [-0.39, 0.29) is 41.0 Å². The molecule has 1 aliphatic rings. The van der Waals surface area contributed by atoms with Crippen molar-refractivity contribution >= 4 is 17.5 Å². The highest BCUT2D eigenvalue weighted by Crippen LogP contribution is 2.37. The molecule has 0 radical (unpaired) electrons. The molecular formula is C30H31F3N6O3. The number of fused-ring (bicyclic) bond motifs is 1. The van der Waals surface area contributed by atoms with Gasteiger partial charge in [-0.1, -0.05) is 30.3 Å². The zero-order chi connectivity index (χ0) is 30.2. The number of hydrogen-bond donors (Lipinski definition) is 1. The zero-order valence-corrected chi connectivity index (χ0v) is 23.6. The summed E-state index contributed by atoms with van der Waals surface area (Å²) in [6.45, 7) is 4.23. The normalized spacial score (nSPS) is 16.8. The van der Waals surface area contributed by atoms with Gasteiger partial charge in [0.05, 0.1) is 19.0 Å². The Hall–Kier alpha value is -4.45. The minimum Gasteiger partial charge on any atom is -0.497 e. The van der Waals surface area contributed by atoms with Gasteiger partial charge in [-0.3, -0.25) is 14.5 Å². The second kappa shape index (κ2) is 11.4. The Balaban J connectivity index is 1.50. The maximum atomic E-state index is 14.3. The molecule has 220 valence electrons. The number of likely N-dealkylation sites (N-methyl/N-ethyl adjacent to an activating group) is 1. The van der Waals surface area contributed by atoms with Crippen molar-refractivity contribution in [3.63, 3.8) is 0 Å². The van der Waals surface area contributed by atoms with Crippen LogP contribution in [0.2, 0.25) is 0 Å². The molecule has 12 heteroatoms. The molecule has 0 bridgehead atoms. The summed E-state index contributed by atoms with van der Waals surface area (Å²) in [6.07, 6.45) is -3.60. The highest BCUT2D eigenvalue weighted by atomic mass is 19.4. The maximum Gasteiger partial charge on any atom is 0.433 e. The number of nitrogens with zero attached hydrogens (tertiary/aromatic N) is 5. The van der Waals surface area contributed by atoms with Gasteiger partial charge in [0.25, 0.3) is 5.91 Å². The number of carbonyl (C=O) groups excluding carboxylic acids is 2. The number of nitrogens with one attached hydrogen (secondary N) is 1. The molecule has 1 fully saturated rings. The Kier molecular flexibility index (Phi) is 7.91. The maximum absolute atomic E-state index is 14.3. The van der Waals surface area contributed by atoms with Crippen molar-refractivity contribution in [2.45, 2.75) is 32.1 Å². The van der Waals surface area contributed by atoms with Crippen LogP contribution < -0.4 is 10.1 Å². The summed E-state index contributed by atoms with van der Waals surface area (Å²) in [5.74, 6) is -0.0903. The van der Waals surface area contributed by atoms with E-state index in [2.05, 4.69) is 15.4 Å². The van der Waals surface area contributed by atoms with E-state index in [1.165, 1.54) is 14.0 Å². The average molecular weight is 581 g/mol. The molecule has 0 unspecified atom stereocenters. The van der Waals surface area contributed by atoms with Gasteiger partial charge in [-0.2, -0.15) is 18.3 Å². The summed E-state index contributed by atoms with van der Waals surface area (Å²) < 4.78 is 48.9. The van der Waals surface area contributed by atoms with E-state index in [0.717, 1.165) is 11.8 Å². The molecule has 1 saturated heterocycles. The van der Waals surface area contributed by atoms with Crippen LogP contribution >= 0.6 is 0 Å². The zero-order valence-electron chi connectivity index (χ0n) is 23.6. The number of benzene rings is 2. The molecule has 9 nitrogen and oxygen atoms in total. The monoisotopic (exact) mass is 580 g/mol. The van der Waals surface area contributed by atoms with Crippen molar-refractivity contribution in [1.82, 2.24) is 29.7 Å². The average Bonchev–Trinajstić information content (AvgIpc) is 3.39. The number of rotatable bonds is 6. The first-order valence-electron chi connectivity index (χ1n) is 13.5. The Labute approximate surface area is 240 Å². The Bertz CT molecular complexity index is 1600. The standard InChI is InChI=1S/C30H31F3N6O3/c1-18-17-37(25(28(40)34-3)21-8-6-5-7-9-21)14-15-38(18)29(41)23-16-35-39-26(30(31,32)33)19(2)24(36-27(23)39)20-10-12-22(42-4)13-11-20/h5-13,16,18,25H,14-15,17H2,1-4H3,(H,34,40)/t18-,25-/m1/s1. The third-order valence-electron chi connectivity index (χ3n) is 7.64. The van der Waals surface area contributed by atoms with Crippen molar-refractivity contribution in [3.05, 3.63) is 83.2 Å². The van der Waals surface area contributed by atoms with Gasteiger partial charge >= 0.3 is 6.18 Å². The van der Waals surface area contributed by atoms with Crippen LogP contribution in [0.5, 0.6) is 5.75 Å². The van der Waals surface area contributed by atoms with Crippen molar-refractivity contribution in [1.29, 1.82) is 0 Å². The first kappa shape index (κ1) is 29.1. The van der Waals surface area contributed by atoms with E-state index in [0.29, 0.717) is 28.9 Å². The third kappa shape index (κ3) is 5.29. The molecule has 0 saturated carbocycles. The quantitative estimate of drug-likeness (QED) is 0.364. The highest BCUT2D eigenvalue weighted by molar-refractivity contribution is 6.00. The van der Waals surface area contributed by atoms with Gasteiger partial charge in [0.1, 0.15) is 17.4 Å². The predicted molar refractivity (Wildman–Crippen MR) is 150 cm³/mol. The van der Waals surface area contributed by atoms with Crippen LogP contribution in [-0.4, -0.2) is 76.0 Å². The number of hydrogen-bond acceptors (Lipinski definition) is 6. The molecule has 5 rings (SSSR count). The number of methoxy groups -OCH3 is 1. The van der Waals surface area contributed by atoms with Gasteiger partial charge in [-0.25, -0.2) is 9.50 Å². The van der Waals surface area contributed by atoms with Crippen molar-refractivity contribution in [2.75, 3.05) is 33.8 Å². The molecule has 2 aromatic heterocycles. The fraction of sp³-hybridized carbons (Fsp3) is 0.333. The number of carbonyl (C=O) groups is 2. The van der Waals surface area contributed by atoms with Crippen LogP contribution in [0, 0.1) is 6.92 Å². The van der Waals surface area contributed by atoms with E-state index in [9.17, 15) is 22.8 Å². The molecule has 0 aliphatic carbocycles. The number of halogens is 3. The Morgan fingerprint density at radius 1 is 1.07 bits per heavy atom. The van der Waals surface area contributed by atoms with E-state index >= 15 is 0 Å². The molecule has 42 heavy (non-hydrogen) atoms. The summed E-state index contributed by atoms with van der Waals surface area (Å²) in [6, 6.07) is 15.0. The molecule has 3 heterocycles. The Morgan fingerprint density at radius 3 is 2.36 bits per heavy atom. The fourth-order valence-electron chi connectivity index (χ4n) is 5.56. The van der Waals surface area contributed by atoms with Crippen molar-refractivity contribution in [3.8, 4) is 17.0 Å². The smallest absolute Gasteiger partial charge is 0.433 e. The summed E-state index contributed by atoms with van der Waals surface area (Å²) >= 11 is 0. The van der Waals surface area contributed by atoms with Gasteiger partial charge < -0.3 is 15.0 Å². The van der Waals surface area contributed by atoms with Crippen LogP contribution in [0.3, 0.4) is 0 Å². The fourth-order valence-corrected chi connectivity index (χ4v) is 5.56. The van der Waals surface area contributed by atoms with Crippen LogP contribution in [-0.2, 0) is 11.0 Å². The molecule has 1 N–H and O–H groups in total.